The molecule has 0 bridgehead atoms. The second-order valence-electron chi connectivity index (χ2n) is 3.70. The zero-order valence-electron chi connectivity index (χ0n) is 8.69. The zero-order chi connectivity index (χ0) is 11.4. The molecule has 16 heavy (non-hydrogen) atoms. The smallest absolute Gasteiger partial charge is 0.273 e. The molecule has 0 radical (unpaired) electrons. The maximum absolute atomic E-state index is 11.4. The first kappa shape index (κ1) is 10.6. The first-order valence-corrected chi connectivity index (χ1v) is 5.19. The molecular formula is C9H13N5O2. The molecule has 3 N–H and O–H groups in total. The number of carbonyl (C=O) groups is 2. The monoisotopic (exact) mass is 223 g/mol. The topological polar surface area (TPSA) is 99.8 Å². The van der Waals surface area contributed by atoms with Gasteiger partial charge in [0, 0.05) is 19.0 Å². The van der Waals surface area contributed by atoms with Crippen LogP contribution in [0.3, 0.4) is 0 Å². The number of aromatic amines is 1. The highest BCUT2D eigenvalue weighted by molar-refractivity contribution is 5.92. The molecule has 2 rings (SSSR count). The first-order chi connectivity index (χ1) is 7.75. The third-order valence-corrected chi connectivity index (χ3v) is 2.23. The van der Waals surface area contributed by atoms with E-state index in [9.17, 15) is 9.59 Å². The van der Waals surface area contributed by atoms with Gasteiger partial charge < -0.3 is 10.6 Å². The van der Waals surface area contributed by atoms with Crippen LogP contribution < -0.4 is 10.6 Å². The molecule has 7 nitrogen and oxygen atoms in total. The Labute approximate surface area is 92.0 Å². The van der Waals surface area contributed by atoms with Crippen molar-refractivity contribution in [1.82, 2.24) is 26.0 Å². The summed E-state index contributed by atoms with van der Waals surface area (Å²) in [6.45, 7) is 0.310. The number of carbonyl (C=O) groups excluding carboxylic acids is 2. The summed E-state index contributed by atoms with van der Waals surface area (Å²) in [5, 5.41) is 14.9. The van der Waals surface area contributed by atoms with Crippen molar-refractivity contribution in [3.63, 3.8) is 0 Å². The number of hydrogen-bond donors (Lipinski definition) is 3. The van der Waals surface area contributed by atoms with Gasteiger partial charge in [-0.15, -0.1) is 0 Å². The predicted octanol–water partition coefficient (Wildman–Crippen LogP) is -0.797. The summed E-state index contributed by atoms with van der Waals surface area (Å²) in [4.78, 5) is 22.6. The van der Waals surface area contributed by atoms with Crippen molar-refractivity contribution in [3.05, 3.63) is 11.9 Å². The van der Waals surface area contributed by atoms with Crippen molar-refractivity contribution in [2.75, 3.05) is 6.54 Å². The normalized spacial score (nSPS) is 14.5. The van der Waals surface area contributed by atoms with E-state index in [0.29, 0.717) is 19.0 Å². The molecule has 86 valence electrons. The molecule has 0 aromatic carbocycles. The Balaban J connectivity index is 1.63. The molecule has 1 fully saturated rings. The summed E-state index contributed by atoms with van der Waals surface area (Å²) in [6.07, 6.45) is 3.76. The van der Waals surface area contributed by atoms with E-state index in [4.69, 9.17) is 0 Å². The van der Waals surface area contributed by atoms with Crippen LogP contribution in [0.5, 0.6) is 0 Å². The van der Waals surface area contributed by atoms with E-state index in [-0.39, 0.29) is 17.5 Å². The number of amides is 2. The molecule has 0 unspecified atom stereocenters. The van der Waals surface area contributed by atoms with Crippen LogP contribution in [0.25, 0.3) is 0 Å². The van der Waals surface area contributed by atoms with Crippen LogP contribution in [0.1, 0.15) is 29.8 Å². The van der Waals surface area contributed by atoms with Gasteiger partial charge in [-0.25, -0.2) is 0 Å². The zero-order valence-corrected chi connectivity index (χ0v) is 8.69. The maximum Gasteiger partial charge on any atom is 0.273 e. The lowest BCUT2D eigenvalue weighted by Crippen LogP contribution is -2.31. The van der Waals surface area contributed by atoms with Gasteiger partial charge in [0.05, 0.1) is 6.20 Å². The third kappa shape index (κ3) is 3.04. The van der Waals surface area contributed by atoms with Crippen LogP contribution >= 0.6 is 0 Å². The van der Waals surface area contributed by atoms with Crippen molar-refractivity contribution >= 4 is 11.8 Å². The molecule has 1 aromatic heterocycles. The lowest BCUT2D eigenvalue weighted by molar-refractivity contribution is -0.121. The molecule has 1 aromatic rings. The molecule has 0 spiro atoms. The minimum atomic E-state index is -0.326. The van der Waals surface area contributed by atoms with Crippen molar-refractivity contribution < 1.29 is 9.59 Å². The predicted molar refractivity (Wildman–Crippen MR) is 54.5 cm³/mol. The second-order valence-corrected chi connectivity index (χ2v) is 3.70. The fourth-order valence-electron chi connectivity index (χ4n) is 1.22. The number of rotatable bonds is 5. The quantitative estimate of drug-likeness (QED) is 0.608. The molecule has 0 aliphatic heterocycles. The number of hydrogen-bond acceptors (Lipinski definition) is 4. The SMILES string of the molecule is O=C(CCNC(=O)c1cn[nH]n1)NC1CC1. The second kappa shape index (κ2) is 4.73. The number of H-pyrrole nitrogens is 1. The van der Waals surface area contributed by atoms with Gasteiger partial charge in [0.2, 0.25) is 5.91 Å². The van der Waals surface area contributed by atoms with Crippen molar-refractivity contribution in [2.45, 2.75) is 25.3 Å². The number of aromatic nitrogens is 3. The van der Waals surface area contributed by atoms with Gasteiger partial charge in [0.25, 0.3) is 5.91 Å². The van der Waals surface area contributed by atoms with Crippen LogP contribution in [0.4, 0.5) is 0 Å². The summed E-state index contributed by atoms with van der Waals surface area (Å²) in [5.41, 5.74) is 0.225. The average molecular weight is 223 g/mol. The summed E-state index contributed by atoms with van der Waals surface area (Å²) >= 11 is 0. The van der Waals surface area contributed by atoms with E-state index in [2.05, 4.69) is 26.0 Å². The Kier molecular flexibility index (Phi) is 3.13. The molecule has 1 aliphatic carbocycles. The molecule has 1 heterocycles. The van der Waals surface area contributed by atoms with E-state index in [1.54, 1.807) is 0 Å². The molecule has 0 atom stereocenters. The summed E-state index contributed by atoms with van der Waals surface area (Å²) < 4.78 is 0. The molecular weight excluding hydrogens is 210 g/mol. The van der Waals surface area contributed by atoms with Gasteiger partial charge in [-0.3, -0.25) is 9.59 Å². The standard InChI is InChI=1S/C9H13N5O2/c15-8(12-6-1-2-6)3-4-10-9(16)7-5-11-14-13-7/h5-6H,1-4H2,(H,10,16)(H,12,15)(H,11,13,14). The minimum Gasteiger partial charge on any atom is -0.353 e. The fourth-order valence-corrected chi connectivity index (χ4v) is 1.22. The highest BCUT2D eigenvalue weighted by Crippen LogP contribution is 2.18. The van der Waals surface area contributed by atoms with Crippen LogP contribution in [0.15, 0.2) is 6.20 Å². The molecule has 2 amide bonds. The lowest BCUT2D eigenvalue weighted by Gasteiger charge is -2.03. The molecule has 1 saturated carbocycles. The van der Waals surface area contributed by atoms with Gasteiger partial charge in [-0.2, -0.15) is 15.4 Å². The first-order valence-electron chi connectivity index (χ1n) is 5.19. The highest BCUT2D eigenvalue weighted by atomic mass is 16.2. The van der Waals surface area contributed by atoms with Crippen LogP contribution in [-0.2, 0) is 4.79 Å². The van der Waals surface area contributed by atoms with Crippen LogP contribution in [0.2, 0.25) is 0 Å². The van der Waals surface area contributed by atoms with Crippen molar-refractivity contribution in [1.29, 1.82) is 0 Å². The Morgan fingerprint density at radius 3 is 2.94 bits per heavy atom. The van der Waals surface area contributed by atoms with Gasteiger partial charge in [0.1, 0.15) is 0 Å². The van der Waals surface area contributed by atoms with E-state index < -0.39 is 0 Å². The van der Waals surface area contributed by atoms with Crippen molar-refractivity contribution in [2.24, 2.45) is 0 Å². The Bertz CT molecular complexity index is 371. The summed E-state index contributed by atoms with van der Waals surface area (Å²) in [6, 6.07) is 0.360. The lowest BCUT2D eigenvalue weighted by atomic mass is 10.3. The van der Waals surface area contributed by atoms with Gasteiger partial charge in [-0.1, -0.05) is 0 Å². The van der Waals surface area contributed by atoms with E-state index in [1.807, 2.05) is 0 Å². The molecule has 1 aliphatic rings. The molecule has 0 saturated heterocycles. The van der Waals surface area contributed by atoms with Crippen LogP contribution in [0, 0.1) is 0 Å². The third-order valence-electron chi connectivity index (χ3n) is 2.23. The maximum atomic E-state index is 11.4. The van der Waals surface area contributed by atoms with Crippen molar-refractivity contribution in [3.8, 4) is 0 Å². The largest absolute Gasteiger partial charge is 0.353 e. The summed E-state index contributed by atoms with van der Waals surface area (Å²) in [7, 11) is 0. The van der Waals surface area contributed by atoms with Gasteiger partial charge >= 0.3 is 0 Å². The van der Waals surface area contributed by atoms with E-state index >= 15 is 0 Å². The van der Waals surface area contributed by atoms with Gasteiger partial charge in [-0.05, 0) is 12.8 Å². The average Bonchev–Trinajstić information content (AvgIpc) is 2.90. The van der Waals surface area contributed by atoms with Crippen LogP contribution in [-0.4, -0.2) is 39.8 Å². The minimum absolute atomic E-state index is 0.0250. The Hall–Kier alpha value is -1.92. The van der Waals surface area contributed by atoms with E-state index in [1.165, 1.54) is 6.20 Å². The number of nitrogens with one attached hydrogen (secondary N) is 3. The molecule has 7 heteroatoms. The van der Waals surface area contributed by atoms with Gasteiger partial charge in [0.15, 0.2) is 5.69 Å². The van der Waals surface area contributed by atoms with E-state index in [0.717, 1.165) is 12.8 Å². The Morgan fingerprint density at radius 2 is 2.31 bits per heavy atom. The summed E-state index contributed by atoms with van der Waals surface area (Å²) in [5.74, 6) is -0.351. The number of nitrogens with zero attached hydrogens (tertiary/aromatic N) is 2. The highest BCUT2D eigenvalue weighted by Gasteiger charge is 2.22. The Morgan fingerprint density at radius 1 is 1.50 bits per heavy atom. The fraction of sp³-hybridized carbons (Fsp3) is 0.556.